The van der Waals surface area contributed by atoms with Gasteiger partial charge in [0.05, 0.1) is 24.5 Å². The Morgan fingerprint density at radius 1 is 1.13 bits per heavy atom. The van der Waals surface area contributed by atoms with E-state index in [1.54, 1.807) is 43.5 Å². The van der Waals surface area contributed by atoms with Crippen LogP contribution in [-0.4, -0.2) is 44.3 Å². The zero-order chi connectivity index (χ0) is 21.3. The van der Waals surface area contributed by atoms with Gasteiger partial charge in [-0.05, 0) is 43.5 Å². The lowest BCUT2D eigenvalue weighted by Crippen LogP contribution is -2.35. The van der Waals surface area contributed by atoms with Crippen LogP contribution in [0.5, 0.6) is 11.5 Å². The fourth-order valence-electron chi connectivity index (χ4n) is 3.30. The van der Waals surface area contributed by atoms with E-state index in [4.69, 9.17) is 14.2 Å². The summed E-state index contributed by atoms with van der Waals surface area (Å²) in [5, 5.41) is 5.72. The maximum absolute atomic E-state index is 12.9. The van der Waals surface area contributed by atoms with Gasteiger partial charge in [-0.2, -0.15) is 0 Å². The monoisotopic (exact) mass is 412 g/mol. The number of methoxy groups -OCH3 is 1. The number of nitrogens with one attached hydrogen (secondary N) is 2. The van der Waals surface area contributed by atoms with Crippen LogP contribution in [0, 0.1) is 0 Å². The molecule has 7 nitrogen and oxygen atoms in total. The molecule has 0 aromatic heterocycles. The average Bonchev–Trinajstić information content (AvgIpc) is 3.30. The first-order valence-electron chi connectivity index (χ1n) is 10.2. The summed E-state index contributed by atoms with van der Waals surface area (Å²) in [6.07, 6.45) is 1.73. The van der Waals surface area contributed by atoms with Gasteiger partial charge in [-0.15, -0.1) is 0 Å². The Kier molecular flexibility index (Phi) is 7.68. The molecule has 0 saturated carbocycles. The topological polar surface area (TPSA) is 85.9 Å². The molecule has 7 heteroatoms. The molecule has 2 atom stereocenters. The fraction of sp³-hybridized carbons (Fsp3) is 0.391. The molecule has 0 spiro atoms. The van der Waals surface area contributed by atoms with Crippen molar-refractivity contribution in [1.29, 1.82) is 0 Å². The molecule has 2 amide bonds. The number of benzene rings is 2. The molecule has 1 heterocycles. The molecule has 1 aliphatic heterocycles. The second-order valence-electron chi connectivity index (χ2n) is 7.05. The minimum absolute atomic E-state index is 0.0504. The molecule has 0 aliphatic carbocycles. The summed E-state index contributed by atoms with van der Waals surface area (Å²) in [7, 11) is 1.55. The number of carbonyl (C=O) groups excluding carboxylic acids is 2. The van der Waals surface area contributed by atoms with Crippen LogP contribution in [0.25, 0.3) is 0 Å². The molecule has 2 aromatic carbocycles. The van der Waals surface area contributed by atoms with Gasteiger partial charge in [-0.3, -0.25) is 9.59 Å². The molecular weight excluding hydrogens is 384 g/mol. The summed E-state index contributed by atoms with van der Waals surface area (Å²) in [5.74, 6) is 0.463. The molecule has 2 aromatic rings. The highest BCUT2D eigenvalue weighted by Crippen LogP contribution is 2.27. The zero-order valence-electron chi connectivity index (χ0n) is 17.4. The molecule has 160 valence electrons. The van der Waals surface area contributed by atoms with E-state index >= 15 is 0 Å². The molecule has 1 fully saturated rings. The van der Waals surface area contributed by atoms with Gasteiger partial charge in [0.15, 0.2) is 17.6 Å². The summed E-state index contributed by atoms with van der Waals surface area (Å²) in [6.45, 7) is 3.05. The molecule has 1 saturated heterocycles. The Morgan fingerprint density at radius 2 is 1.87 bits per heavy atom. The van der Waals surface area contributed by atoms with Crippen LogP contribution in [0.4, 0.5) is 5.69 Å². The summed E-state index contributed by atoms with van der Waals surface area (Å²) in [5.41, 5.74) is 0.838. The number of hydrogen-bond donors (Lipinski definition) is 2. The molecule has 2 N–H and O–H groups in total. The quantitative estimate of drug-likeness (QED) is 0.659. The highest BCUT2D eigenvalue weighted by molar-refractivity contribution is 6.04. The maximum Gasteiger partial charge on any atom is 0.265 e. The second kappa shape index (κ2) is 10.6. The number of ether oxygens (including phenoxy) is 3. The first-order valence-corrected chi connectivity index (χ1v) is 10.2. The van der Waals surface area contributed by atoms with E-state index in [-0.39, 0.29) is 17.9 Å². The van der Waals surface area contributed by atoms with E-state index in [0.717, 1.165) is 19.4 Å². The number of carbonyl (C=O) groups is 2. The molecule has 1 aliphatic rings. The lowest BCUT2D eigenvalue weighted by atomic mass is 10.1. The average molecular weight is 412 g/mol. The van der Waals surface area contributed by atoms with Crippen molar-refractivity contribution < 1.29 is 23.8 Å². The third-order valence-electron chi connectivity index (χ3n) is 4.95. The molecule has 0 unspecified atom stereocenters. The second-order valence-corrected chi connectivity index (χ2v) is 7.05. The maximum atomic E-state index is 12.9. The zero-order valence-corrected chi connectivity index (χ0v) is 17.4. The van der Waals surface area contributed by atoms with E-state index in [1.807, 2.05) is 19.1 Å². The van der Waals surface area contributed by atoms with Gasteiger partial charge in [0.1, 0.15) is 0 Å². The van der Waals surface area contributed by atoms with Crippen LogP contribution in [-0.2, 0) is 9.53 Å². The van der Waals surface area contributed by atoms with Crippen molar-refractivity contribution in [3.05, 3.63) is 54.1 Å². The van der Waals surface area contributed by atoms with Crippen LogP contribution in [0.1, 0.15) is 36.5 Å². The van der Waals surface area contributed by atoms with Crippen molar-refractivity contribution in [2.45, 2.75) is 38.4 Å². The van der Waals surface area contributed by atoms with Gasteiger partial charge in [-0.25, -0.2) is 0 Å². The first-order chi connectivity index (χ1) is 14.6. The fourth-order valence-corrected chi connectivity index (χ4v) is 3.30. The molecule has 0 bridgehead atoms. The Morgan fingerprint density at radius 3 is 2.57 bits per heavy atom. The number of para-hydroxylation sites is 3. The summed E-state index contributed by atoms with van der Waals surface area (Å²) in [4.78, 5) is 25.5. The molecule has 3 rings (SSSR count). The lowest BCUT2D eigenvalue weighted by Gasteiger charge is -2.20. The van der Waals surface area contributed by atoms with Gasteiger partial charge < -0.3 is 24.8 Å². The van der Waals surface area contributed by atoms with Crippen molar-refractivity contribution in [3.8, 4) is 11.5 Å². The van der Waals surface area contributed by atoms with E-state index < -0.39 is 6.10 Å². The lowest BCUT2D eigenvalue weighted by molar-refractivity contribution is -0.122. The number of rotatable bonds is 9. The van der Waals surface area contributed by atoms with Gasteiger partial charge in [-0.1, -0.05) is 31.2 Å². The van der Waals surface area contributed by atoms with Gasteiger partial charge >= 0.3 is 0 Å². The van der Waals surface area contributed by atoms with Crippen LogP contribution < -0.4 is 20.1 Å². The summed E-state index contributed by atoms with van der Waals surface area (Å²) < 4.78 is 16.7. The van der Waals surface area contributed by atoms with E-state index in [1.165, 1.54) is 0 Å². The first kappa shape index (κ1) is 21.6. The Balaban J connectivity index is 1.66. The SMILES string of the molecule is CC[C@@H](Oc1ccccc1OC)C(=O)Nc1ccccc1C(=O)NC[C@@H]1CCCO1. The largest absolute Gasteiger partial charge is 0.493 e. The summed E-state index contributed by atoms with van der Waals surface area (Å²) >= 11 is 0. The summed E-state index contributed by atoms with van der Waals surface area (Å²) in [6, 6.07) is 14.1. The number of anilines is 1. The minimum atomic E-state index is -0.732. The number of amides is 2. The van der Waals surface area contributed by atoms with E-state index in [9.17, 15) is 9.59 Å². The predicted octanol–water partition coefficient (Wildman–Crippen LogP) is 3.40. The molecule has 0 radical (unpaired) electrons. The van der Waals surface area contributed by atoms with Crippen LogP contribution in [0.2, 0.25) is 0 Å². The standard InChI is InChI=1S/C23H28N2O5/c1-3-19(30-21-13-7-6-12-20(21)28-2)23(27)25-18-11-5-4-10-17(18)22(26)24-15-16-9-8-14-29-16/h4-7,10-13,16,19H,3,8-9,14-15H2,1-2H3,(H,24,26)(H,25,27)/t16-,19+/m0/s1. The molecular formula is C23H28N2O5. The highest BCUT2D eigenvalue weighted by Gasteiger charge is 2.23. The van der Waals surface area contributed by atoms with Gasteiger partial charge in [0.2, 0.25) is 0 Å². The predicted molar refractivity (Wildman–Crippen MR) is 114 cm³/mol. The van der Waals surface area contributed by atoms with Crippen LogP contribution in [0.3, 0.4) is 0 Å². The van der Waals surface area contributed by atoms with E-state index in [0.29, 0.717) is 35.7 Å². The van der Waals surface area contributed by atoms with Crippen LogP contribution in [0.15, 0.2) is 48.5 Å². The van der Waals surface area contributed by atoms with Crippen molar-refractivity contribution in [2.75, 3.05) is 25.6 Å². The molecule has 30 heavy (non-hydrogen) atoms. The number of hydrogen-bond acceptors (Lipinski definition) is 5. The third-order valence-corrected chi connectivity index (χ3v) is 4.95. The van der Waals surface area contributed by atoms with E-state index in [2.05, 4.69) is 10.6 Å². The highest BCUT2D eigenvalue weighted by atomic mass is 16.5. The van der Waals surface area contributed by atoms with Crippen LogP contribution >= 0.6 is 0 Å². The van der Waals surface area contributed by atoms with Crippen molar-refractivity contribution >= 4 is 17.5 Å². The normalized spacial score (nSPS) is 16.5. The van der Waals surface area contributed by atoms with Crippen molar-refractivity contribution in [2.24, 2.45) is 0 Å². The third kappa shape index (κ3) is 5.51. The minimum Gasteiger partial charge on any atom is -0.493 e. The Hall–Kier alpha value is -3.06. The van der Waals surface area contributed by atoms with Gasteiger partial charge in [0.25, 0.3) is 11.8 Å². The Bertz CT molecular complexity index is 864. The Labute approximate surface area is 176 Å². The van der Waals surface area contributed by atoms with Gasteiger partial charge in [0, 0.05) is 13.2 Å². The van der Waals surface area contributed by atoms with Crippen molar-refractivity contribution in [3.63, 3.8) is 0 Å². The smallest absolute Gasteiger partial charge is 0.265 e. The van der Waals surface area contributed by atoms with Crippen molar-refractivity contribution in [1.82, 2.24) is 5.32 Å².